The van der Waals surface area contributed by atoms with Crippen LogP contribution >= 0.6 is 0 Å². The second-order valence-electron chi connectivity index (χ2n) is 4.46. The van der Waals surface area contributed by atoms with Gasteiger partial charge in [-0.2, -0.15) is 0 Å². The highest BCUT2D eigenvalue weighted by atomic mass is 16.5. The van der Waals surface area contributed by atoms with Gasteiger partial charge in [0.2, 0.25) is 5.88 Å². The molecular weight excluding hydrogens is 264 g/mol. The van der Waals surface area contributed by atoms with Crippen molar-refractivity contribution in [1.29, 1.82) is 0 Å². The van der Waals surface area contributed by atoms with Crippen LogP contribution in [0.25, 0.3) is 16.8 Å². The maximum Gasteiger partial charge on any atom is 0.255 e. The summed E-state index contributed by atoms with van der Waals surface area (Å²) in [6.45, 7) is 0. The van der Waals surface area contributed by atoms with Crippen molar-refractivity contribution in [3.63, 3.8) is 0 Å². The van der Waals surface area contributed by atoms with Gasteiger partial charge in [-0.15, -0.1) is 0 Å². The van der Waals surface area contributed by atoms with Gasteiger partial charge in [-0.05, 0) is 41.5 Å². The van der Waals surface area contributed by atoms with E-state index in [9.17, 15) is 4.79 Å². The predicted molar refractivity (Wildman–Crippen MR) is 80.7 cm³/mol. The number of hydrogen-bond donors (Lipinski definition) is 0. The largest absolute Gasteiger partial charge is 0.481 e. The van der Waals surface area contributed by atoms with Crippen LogP contribution in [0.3, 0.4) is 0 Å². The maximum absolute atomic E-state index is 11.9. The summed E-state index contributed by atoms with van der Waals surface area (Å²) in [6.07, 6.45) is 3.43. The van der Waals surface area contributed by atoms with Gasteiger partial charge >= 0.3 is 0 Å². The van der Waals surface area contributed by atoms with Gasteiger partial charge in [-0.25, -0.2) is 4.98 Å². The van der Waals surface area contributed by atoms with Crippen molar-refractivity contribution < 1.29 is 4.74 Å². The van der Waals surface area contributed by atoms with Crippen LogP contribution in [-0.4, -0.2) is 16.7 Å². The third kappa shape index (κ3) is 2.69. The first-order valence-electron chi connectivity index (χ1n) is 6.48. The molecule has 1 aromatic carbocycles. The predicted octanol–water partition coefficient (Wildman–Crippen LogP) is 2.71. The van der Waals surface area contributed by atoms with Gasteiger partial charge in [0.25, 0.3) is 5.56 Å². The topological polar surface area (TPSA) is 44.1 Å². The summed E-state index contributed by atoms with van der Waals surface area (Å²) in [5.74, 6) is 0.545. The van der Waals surface area contributed by atoms with Gasteiger partial charge in [0.05, 0.1) is 7.11 Å². The molecule has 0 aliphatic heterocycles. The van der Waals surface area contributed by atoms with E-state index in [1.165, 1.54) is 6.07 Å². The van der Waals surface area contributed by atoms with E-state index in [0.717, 1.165) is 16.8 Å². The van der Waals surface area contributed by atoms with Crippen LogP contribution in [-0.2, 0) is 0 Å². The zero-order chi connectivity index (χ0) is 14.7. The Morgan fingerprint density at radius 1 is 1.19 bits per heavy atom. The van der Waals surface area contributed by atoms with Gasteiger partial charge in [0, 0.05) is 30.2 Å². The summed E-state index contributed by atoms with van der Waals surface area (Å²) < 4.78 is 6.72. The molecule has 0 spiro atoms. The number of ether oxygens (including phenoxy) is 1. The second kappa shape index (κ2) is 5.63. The van der Waals surface area contributed by atoms with Gasteiger partial charge in [0.15, 0.2) is 0 Å². The van der Waals surface area contributed by atoms with Crippen LogP contribution in [0.5, 0.6) is 5.88 Å². The number of rotatable bonds is 3. The molecule has 4 nitrogen and oxygen atoms in total. The molecule has 4 heteroatoms. The number of nitrogens with zero attached hydrogens (tertiary/aromatic N) is 2. The molecule has 0 amide bonds. The van der Waals surface area contributed by atoms with E-state index in [4.69, 9.17) is 4.74 Å². The molecule has 0 aliphatic rings. The van der Waals surface area contributed by atoms with E-state index in [2.05, 4.69) is 11.1 Å². The molecule has 1 radical (unpaired) electrons. The fourth-order valence-corrected chi connectivity index (χ4v) is 2.10. The SMILES string of the molecule is COc1cc(-c2[c]ccc(-n3ccccc3=O)c2)ccn1. The Hall–Kier alpha value is -2.88. The number of aromatic nitrogens is 2. The van der Waals surface area contributed by atoms with Crippen molar-refractivity contribution in [2.24, 2.45) is 0 Å². The van der Waals surface area contributed by atoms with Crippen LogP contribution in [0.4, 0.5) is 0 Å². The molecule has 0 saturated heterocycles. The highest BCUT2D eigenvalue weighted by molar-refractivity contribution is 5.66. The first-order chi connectivity index (χ1) is 10.3. The van der Waals surface area contributed by atoms with Crippen molar-refractivity contribution in [2.45, 2.75) is 0 Å². The third-order valence-electron chi connectivity index (χ3n) is 3.14. The van der Waals surface area contributed by atoms with E-state index >= 15 is 0 Å². The van der Waals surface area contributed by atoms with E-state index in [1.54, 1.807) is 36.2 Å². The first kappa shape index (κ1) is 13.1. The molecule has 2 aromatic heterocycles. The first-order valence-corrected chi connectivity index (χ1v) is 6.48. The van der Waals surface area contributed by atoms with Crippen LogP contribution in [0.1, 0.15) is 0 Å². The standard InChI is InChI=1S/C17H13N2O2/c1-21-16-12-14(8-9-18-16)13-5-4-6-15(11-13)19-10-3-2-7-17(19)20/h2-4,6-12H,1H3. The Labute approximate surface area is 122 Å². The molecular formula is C17H13N2O2. The molecule has 2 heterocycles. The number of benzene rings is 1. The van der Waals surface area contributed by atoms with E-state index in [0.29, 0.717) is 5.88 Å². The van der Waals surface area contributed by atoms with Crippen LogP contribution in [0.2, 0.25) is 0 Å². The lowest BCUT2D eigenvalue weighted by atomic mass is 10.1. The molecule has 3 aromatic rings. The fraction of sp³-hybridized carbons (Fsp3) is 0.0588. The van der Waals surface area contributed by atoms with Crippen molar-refractivity contribution in [3.05, 3.63) is 77.3 Å². The van der Waals surface area contributed by atoms with Crippen molar-refractivity contribution in [3.8, 4) is 22.7 Å². The lowest BCUT2D eigenvalue weighted by molar-refractivity contribution is 0.398. The van der Waals surface area contributed by atoms with Crippen LogP contribution in [0, 0.1) is 6.07 Å². The number of hydrogen-bond acceptors (Lipinski definition) is 3. The third-order valence-corrected chi connectivity index (χ3v) is 3.14. The summed E-state index contributed by atoms with van der Waals surface area (Å²) in [6, 6.07) is 17.5. The number of pyridine rings is 2. The van der Waals surface area contributed by atoms with Gasteiger partial charge in [0.1, 0.15) is 0 Å². The van der Waals surface area contributed by atoms with Crippen molar-refractivity contribution in [2.75, 3.05) is 7.11 Å². The molecule has 3 rings (SSSR count). The Bertz CT molecular complexity index is 825. The smallest absolute Gasteiger partial charge is 0.255 e. The zero-order valence-corrected chi connectivity index (χ0v) is 11.5. The molecule has 0 saturated carbocycles. The summed E-state index contributed by atoms with van der Waals surface area (Å²) in [4.78, 5) is 16.0. The molecule has 0 bridgehead atoms. The van der Waals surface area contributed by atoms with Crippen molar-refractivity contribution >= 4 is 0 Å². The van der Waals surface area contributed by atoms with E-state index in [-0.39, 0.29) is 5.56 Å². The van der Waals surface area contributed by atoms with Gasteiger partial charge in [-0.3, -0.25) is 9.36 Å². The average Bonchev–Trinajstić information content (AvgIpc) is 2.55. The quantitative estimate of drug-likeness (QED) is 0.739. The summed E-state index contributed by atoms with van der Waals surface area (Å²) >= 11 is 0. The Morgan fingerprint density at radius 2 is 2.10 bits per heavy atom. The summed E-state index contributed by atoms with van der Waals surface area (Å²) in [7, 11) is 1.58. The lowest BCUT2D eigenvalue weighted by Crippen LogP contribution is -2.15. The fourth-order valence-electron chi connectivity index (χ4n) is 2.10. The van der Waals surface area contributed by atoms with Gasteiger partial charge in [-0.1, -0.05) is 12.1 Å². The molecule has 0 fully saturated rings. The molecule has 21 heavy (non-hydrogen) atoms. The Balaban J connectivity index is 2.08. The highest BCUT2D eigenvalue weighted by Crippen LogP contribution is 2.23. The molecule has 0 N–H and O–H groups in total. The van der Waals surface area contributed by atoms with E-state index in [1.807, 2.05) is 30.3 Å². The maximum atomic E-state index is 11.9. The average molecular weight is 277 g/mol. The minimum Gasteiger partial charge on any atom is -0.481 e. The monoisotopic (exact) mass is 277 g/mol. The van der Waals surface area contributed by atoms with Gasteiger partial charge < -0.3 is 4.74 Å². The molecule has 103 valence electrons. The van der Waals surface area contributed by atoms with Crippen LogP contribution in [0.15, 0.2) is 65.7 Å². The van der Waals surface area contributed by atoms with Crippen LogP contribution < -0.4 is 10.3 Å². The molecule has 0 atom stereocenters. The molecule has 0 aliphatic carbocycles. The van der Waals surface area contributed by atoms with E-state index < -0.39 is 0 Å². The van der Waals surface area contributed by atoms with Crippen molar-refractivity contribution in [1.82, 2.24) is 9.55 Å². The highest BCUT2D eigenvalue weighted by Gasteiger charge is 2.04. The minimum atomic E-state index is -0.0676. The Morgan fingerprint density at radius 3 is 2.90 bits per heavy atom. The normalized spacial score (nSPS) is 10.3. The summed E-state index contributed by atoms with van der Waals surface area (Å²) in [5.41, 5.74) is 2.55. The zero-order valence-electron chi connectivity index (χ0n) is 11.5. The second-order valence-corrected chi connectivity index (χ2v) is 4.46. The number of methoxy groups -OCH3 is 1. The Kier molecular flexibility index (Phi) is 3.51. The lowest BCUT2D eigenvalue weighted by Gasteiger charge is -2.08. The minimum absolute atomic E-state index is 0.0676. The molecule has 0 unspecified atom stereocenters. The summed E-state index contributed by atoms with van der Waals surface area (Å²) in [5, 5.41) is 0.